The highest BCUT2D eigenvalue weighted by molar-refractivity contribution is 9.10. The molecule has 1 N–H and O–H groups in total. The number of carboxylic acid groups (broad SMARTS) is 1. The van der Waals surface area contributed by atoms with Crippen LogP contribution in [0.25, 0.3) is 0 Å². The van der Waals surface area contributed by atoms with Gasteiger partial charge in [-0.05, 0) is 37.1 Å². The van der Waals surface area contributed by atoms with Crippen LogP contribution in [0.3, 0.4) is 0 Å². The second-order valence-corrected chi connectivity index (χ2v) is 5.24. The van der Waals surface area contributed by atoms with Crippen molar-refractivity contribution < 1.29 is 14.7 Å². The number of halogens is 1. The molecule has 1 unspecified atom stereocenters. The molecule has 4 nitrogen and oxygen atoms in total. The number of benzene rings is 1. The maximum absolute atomic E-state index is 11.8. The average molecular weight is 314 g/mol. The fraction of sp³-hybridized carbons (Fsp3) is 0.385. The number of aryl methyl sites for hydroxylation is 1. The Balaban J connectivity index is 2.81. The van der Waals surface area contributed by atoms with Crippen LogP contribution in [-0.2, 0) is 16.1 Å². The number of nitrogens with zero attached hydrogens (tertiary/aromatic N) is 1. The molecule has 1 aromatic carbocycles. The van der Waals surface area contributed by atoms with Crippen LogP contribution < -0.4 is 0 Å². The highest BCUT2D eigenvalue weighted by atomic mass is 79.9. The van der Waals surface area contributed by atoms with Crippen LogP contribution in [0.4, 0.5) is 0 Å². The summed E-state index contributed by atoms with van der Waals surface area (Å²) in [6, 6.07) is 5.82. The number of rotatable bonds is 4. The number of hydrogen-bond acceptors (Lipinski definition) is 2. The van der Waals surface area contributed by atoms with Crippen molar-refractivity contribution in [2.24, 2.45) is 5.92 Å². The molecule has 98 valence electrons. The van der Waals surface area contributed by atoms with E-state index in [0.29, 0.717) is 6.54 Å². The Morgan fingerprint density at radius 2 is 2.06 bits per heavy atom. The topological polar surface area (TPSA) is 57.6 Å². The summed E-state index contributed by atoms with van der Waals surface area (Å²) < 4.78 is 0.940. The number of carbonyl (C=O) groups excluding carboxylic acids is 1. The molecule has 0 aliphatic rings. The van der Waals surface area contributed by atoms with Crippen LogP contribution in [-0.4, -0.2) is 28.9 Å². The van der Waals surface area contributed by atoms with Crippen molar-refractivity contribution in [3.05, 3.63) is 33.8 Å². The van der Waals surface area contributed by atoms with Crippen molar-refractivity contribution in [2.75, 3.05) is 7.05 Å². The quantitative estimate of drug-likeness (QED) is 0.869. The van der Waals surface area contributed by atoms with Crippen molar-refractivity contribution >= 4 is 27.8 Å². The van der Waals surface area contributed by atoms with E-state index >= 15 is 0 Å². The molecule has 0 radical (unpaired) electrons. The largest absolute Gasteiger partial charge is 0.481 e. The van der Waals surface area contributed by atoms with Gasteiger partial charge in [-0.15, -0.1) is 0 Å². The zero-order chi connectivity index (χ0) is 13.9. The van der Waals surface area contributed by atoms with Gasteiger partial charge in [0.1, 0.15) is 5.92 Å². The molecule has 1 aromatic rings. The minimum atomic E-state index is -1.10. The molecule has 0 aliphatic heterocycles. The van der Waals surface area contributed by atoms with Gasteiger partial charge in [-0.25, -0.2) is 0 Å². The normalized spacial score (nSPS) is 12.0. The second-order valence-electron chi connectivity index (χ2n) is 4.33. The van der Waals surface area contributed by atoms with Gasteiger partial charge in [0.05, 0.1) is 0 Å². The number of carbonyl (C=O) groups is 2. The zero-order valence-corrected chi connectivity index (χ0v) is 12.2. The predicted molar refractivity (Wildman–Crippen MR) is 72.2 cm³/mol. The fourth-order valence-electron chi connectivity index (χ4n) is 1.58. The summed E-state index contributed by atoms with van der Waals surface area (Å²) in [5.41, 5.74) is 2.07. The summed E-state index contributed by atoms with van der Waals surface area (Å²) >= 11 is 3.38. The molecule has 1 rings (SSSR count). The lowest BCUT2D eigenvalue weighted by Gasteiger charge is -2.20. The molecule has 5 heteroatoms. The Morgan fingerprint density at radius 1 is 1.44 bits per heavy atom. The Hall–Kier alpha value is -1.36. The van der Waals surface area contributed by atoms with Crippen LogP contribution in [0.15, 0.2) is 22.7 Å². The highest BCUT2D eigenvalue weighted by Gasteiger charge is 2.24. The number of aliphatic carboxylic acids is 1. The third kappa shape index (κ3) is 3.57. The summed E-state index contributed by atoms with van der Waals surface area (Å²) in [6.07, 6.45) is 0. The lowest BCUT2D eigenvalue weighted by atomic mass is 10.1. The maximum atomic E-state index is 11.8. The van der Waals surface area contributed by atoms with Crippen LogP contribution >= 0.6 is 15.9 Å². The van der Waals surface area contributed by atoms with Crippen molar-refractivity contribution in [3.63, 3.8) is 0 Å². The van der Waals surface area contributed by atoms with E-state index in [-0.39, 0.29) is 5.91 Å². The summed E-state index contributed by atoms with van der Waals surface area (Å²) in [6.45, 7) is 3.76. The van der Waals surface area contributed by atoms with E-state index < -0.39 is 11.9 Å². The SMILES string of the molecule is Cc1ccc(Br)cc1CN(C)C(=O)C(C)C(=O)O. The van der Waals surface area contributed by atoms with Gasteiger partial charge in [0, 0.05) is 18.1 Å². The first-order chi connectivity index (χ1) is 8.32. The number of carboxylic acids is 1. The minimum Gasteiger partial charge on any atom is -0.481 e. The molecule has 0 aliphatic carbocycles. The monoisotopic (exact) mass is 313 g/mol. The van der Waals surface area contributed by atoms with Crippen molar-refractivity contribution in [1.29, 1.82) is 0 Å². The molecule has 1 amide bonds. The molecule has 0 saturated carbocycles. The van der Waals surface area contributed by atoms with Crippen LogP contribution in [0.1, 0.15) is 18.1 Å². The van der Waals surface area contributed by atoms with Crippen LogP contribution in [0.5, 0.6) is 0 Å². The van der Waals surface area contributed by atoms with E-state index in [1.54, 1.807) is 7.05 Å². The Morgan fingerprint density at radius 3 is 2.61 bits per heavy atom. The first-order valence-electron chi connectivity index (χ1n) is 5.55. The molecular weight excluding hydrogens is 298 g/mol. The second kappa shape index (κ2) is 6.00. The van der Waals surface area contributed by atoms with E-state index in [9.17, 15) is 9.59 Å². The molecule has 0 spiro atoms. The highest BCUT2D eigenvalue weighted by Crippen LogP contribution is 2.18. The molecule has 18 heavy (non-hydrogen) atoms. The fourth-order valence-corrected chi connectivity index (χ4v) is 1.99. The molecule has 0 heterocycles. The molecule has 0 bridgehead atoms. The van der Waals surface area contributed by atoms with Gasteiger partial charge in [-0.3, -0.25) is 9.59 Å². The van der Waals surface area contributed by atoms with Crippen molar-refractivity contribution in [1.82, 2.24) is 4.90 Å². The Labute approximate surface area is 115 Å². The molecular formula is C13H16BrNO3. The molecule has 1 atom stereocenters. The minimum absolute atomic E-state index is 0.387. The Bertz CT molecular complexity index is 473. The van der Waals surface area contributed by atoms with Crippen molar-refractivity contribution in [3.8, 4) is 0 Å². The van der Waals surface area contributed by atoms with E-state index in [0.717, 1.165) is 15.6 Å². The van der Waals surface area contributed by atoms with E-state index in [2.05, 4.69) is 15.9 Å². The van der Waals surface area contributed by atoms with Gasteiger partial charge < -0.3 is 10.0 Å². The molecule has 0 aromatic heterocycles. The standard InChI is InChI=1S/C13H16BrNO3/c1-8-4-5-11(14)6-10(8)7-15(3)12(16)9(2)13(17)18/h4-6,9H,7H2,1-3H3,(H,17,18). The smallest absolute Gasteiger partial charge is 0.315 e. The first kappa shape index (κ1) is 14.7. The third-order valence-corrected chi connectivity index (χ3v) is 3.33. The van der Waals surface area contributed by atoms with E-state index in [4.69, 9.17) is 5.11 Å². The van der Waals surface area contributed by atoms with E-state index in [1.165, 1.54) is 11.8 Å². The lowest BCUT2D eigenvalue weighted by molar-refractivity contribution is -0.149. The van der Waals surface area contributed by atoms with Gasteiger partial charge in [-0.2, -0.15) is 0 Å². The number of hydrogen-bond donors (Lipinski definition) is 1. The van der Waals surface area contributed by atoms with Crippen LogP contribution in [0.2, 0.25) is 0 Å². The summed E-state index contributed by atoms with van der Waals surface area (Å²) in [4.78, 5) is 24.0. The van der Waals surface area contributed by atoms with Crippen LogP contribution in [0, 0.1) is 12.8 Å². The van der Waals surface area contributed by atoms with Gasteiger partial charge in [0.25, 0.3) is 0 Å². The zero-order valence-electron chi connectivity index (χ0n) is 10.6. The van der Waals surface area contributed by atoms with Gasteiger partial charge in [0.2, 0.25) is 5.91 Å². The van der Waals surface area contributed by atoms with Gasteiger partial charge in [0.15, 0.2) is 0 Å². The van der Waals surface area contributed by atoms with E-state index in [1.807, 2.05) is 25.1 Å². The summed E-state index contributed by atoms with van der Waals surface area (Å²) in [5.74, 6) is -2.50. The number of amides is 1. The first-order valence-corrected chi connectivity index (χ1v) is 6.35. The van der Waals surface area contributed by atoms with Gasteiger partial charge in [-0.1, -0.05) is 22.0 Å². The molecule has 0 saturated heterocycles. The third-order valence-electron chi connectivity index (χ3n) is 2.84. The van der Waals surface area contributed by atoms with Gasteiger partial charge >= 0.3 is 5.97 Å². The maximum Gasteiger partial charge on any atom is 0.315 e. The Kier molecular flexibility index (Phi) is 4.90. The summed E-state index contributed by atoms with van der Waals surface area (Å²) in [7, 11) is 1.61. The summed E-state index contributed by atoms with van der Waals surface area (Å²) in [5, 5.41) is 8.81. The average Bonchev–Trinajstić information content (AvgIpc) is 2.31. The lowest BCUT2D eigenvalue weighted by Crippen LogP contribution is -2.35. The molecule has 0 fully saturated rings. The predicted octanol–water partition coefficient (Wildman–Crippen LogP) is 2.44. The van der Waals surface area contributed by atoms with Crippen molar-refractivity contribution in [2.45, 2.75) is 20.4 Å².